The van der Waals surface area contributed by atoms with Crippen molar-refractivity contribution in [2.24, 2.45) is 0 Å². The fourth-order valence-corrected chi connectivity index (χ4v) is 5.91. The van der Waals surface area contributed by atoms with Crippen LogP contribution >= 0.6 is 0 Å². The molecule has 9 nitrogen and oxygen atoms in total. The summed E-state index contributed by atoms with van der Waals surface area (Å²) in [5, 5.41) is 20.3. The van der Waals surface area contributed by atoms with Gasteiger partial charge in [0.25, 0.3) is 5.91 Å². The molecule has 3 aromatic rings. The normalized spacial score (nSPS) is 19.7. The van der Waals surface area contributed by atoms with Crippen LogP contribution in [0, 0.1) is 13.8 Å². The lowest BCUT2D eigenvalue weighted by atomic mass is 9.89. The first-order chi connectivity index (χ1) is 19.7. The Hall–Kier alpha value is -3.79. The Morgan fingerprint density at radius 1 is 1.20 bits per heavy atom. The highest BCUT2D eigenvalue weighted by Gasteiger charge is 2.35. The molecule has 218 valence electrons. The van der Waals surface area contributed by atoms with Gasteiger partial charge in [-0.05, 0) is 101 Å². The third kappa shape index (κ3) is 7.11. The number of pyridine rings is 1. The molecule has 0 aliphatic carbocycles. The zero-order valence-electron chi connectivity index (χ0n) is 23.8. The third-order valence-corrected chi connectivity index (χ3v) is 8.09. The predicted octanol–water partition coefficient (Wildman–Crippen LogP) is 4.25. The molecule has 2 atom stereocenters. The number of aliphatic carboxylic acids is 1. The number of nitrogens with zero attached hydrogens (tertiary/aromatic N) is 4. The smallest absolute Gasteiger partial charge is 0.326 e. The molecular weight excluding hydrogens is 523 g/mol. The van der Waals surface area contributed by atoms with E-state index in [1.807, 2.05) is 36.9 Å². The van der Waals surface area contributed by atoms with E-state index < -0.39 is 23.6 Å². The van der Waals surface area contributed by atoms with Gasteiger partial charge in [0.15, 0.2) is 0 Å². The molecule has 41 heavy (non-hydrogen) atoms. The second-order valence-electron chi connectivity index (χ2n) is 11.4. The average Bonchev–Trinajstić information content (AvgIpc) is 3.31. The van der Waals surface area contributed by atoms with Crippen molar-refractivity contribution in [3.63, 3.8) is 0 Å². The summed E-state index contributed by atoms with van der Waals surface area (Å²) >= 11 is 0. The summed E-state index contributed by atoms with van der Waals surface area (Å²) in [6.45, 7) is 6.09. The Labute approximate surface area is 240 Å². The van der Waals surface area contributed by atoms with Crippen molar-refractivity contribution in [2.45, 2.75) is 70.5 Å². The molecular formula is C31H39FN6O3. The summed E-state index contributed by atoms with van der Waals surface area (Å²) in [5.74, 6) is -0.651. The molecule has 4 heterocycles. The highest BCUT2D eigenvalue weighted by atomic mass is 19.1. The SMILES string of the molecule is Cc1cc(C)n(-c2cccc(C(=O)NC(CCN3CCC[C@@](F)(CCc4ccc5c(n4)NCCC5)C3)C(=O)O)c2)n1. The molecule has 5 rings (SSSR count). The van der Waals surface area contributed by atoms with Gasteiger partial charge in [0.1, 0.15) is 17.5 Å². The van der Waals surface area contributed by atoms with Crippen molar-refractivity contribution < 1.29 is 19.1 Å². The Morgan fingerprint density at radius 2 is 2.05 bits per heavy atom. The van der Waals surface area contributed by atoms with E-state index in [2.05, 4.69) is 21.8 Å². The van der Waals surface area contributed by atoms with E-state index in [0.29, 0.717) is 44.3 Å². The van der Waals surface area contributed by atoms with E-state index in [1.54, 1.807) is 22.9 Å². The molecule has 1 saturated heterocycles. The lowest BCUT2D eigenvalue weighted by Crippen LogP contribution is -2.48. The summed E-state index contributed by atoms with van der Waals surface area (Å²) in [5.41, 5.74) is 3.64. The number of amides is 1. The highest BCUT2D eigenvalue weighted by molar-refractivity contribution is 5.97. The van der Waals surface area contributed by atoms with Crippen molar-refractivity contribution in [3.05, 3.63) is 70.7 Å². The maximum Gasteiger partial charge on any atom is 0.326 e. The molecule has 2 aliphatic heterocycles. The van der Waals surface area contributed by atoms with E-state index in [-0.39, 0.29) is 13.0 Å². The standard InChI is InChI=1S/C31H39FN6O3/c1-21-18-22(2)38(36-21)26-8-3-6-24(19-26)29(39)35-27(30(40)41)12-17-37-16-5-13-31(32,20-37)14-11-25-10-9-23-7-4-15-33-28(23)34-25/h3,6,8-10,18-19,27H,4-5,7,11-17,20H2,1-2H3,(H,33,34)(H,35,39)(H,40,41)/t27?,31-/m1/s1. The van der Waals surface area contributed by atoms with Crippen molar-refractivity contribution in [1.29, 1.82) is 0 Å². The molecule has 3 N–H and O–H groups in total. The van der Waals surface area contributed by atoms with Crippen molar-refractivity contribution in [1.82, 2.24) is 25.0 Å². The maximum absolute atomic E-state index is 15.9. The number of alkyl halides is 1. The lowest BCUT2D eigenvalue weighted by molar-refractivity contribution is -0.139. The minimum atomic E-state index is -1.35. The summed E-state index contributed by atoms with van der Waals surface area (Å²) in [6, 6.07) is 11.9. The van der Waals surface area contributed by atoms with Crippen LogP contribution in [-0.4, -0.2) is 74.5 Å². The molecule has 10 heteroatoms. The van der Waals surface area contributed by atoms with Crippen LogP contribution in [-0.2, 0) is 17.6 Å². The number of hydrogen-bond donors (Lipinski definition) is 3. The number of carboxylic acid groups (broad SMARTS) is 1. The number of carbonyl (C=O) groups is 2. The maximum atomic E-state index is 15.9. The molecule has 1 amide bonds. The van der Waals surface area contributed by atoms with Gasteiger partial charge in [-0.2, -0.15) is 5.10 Å². The van der Waals surface area contributed by atoms with E-state index in [9.17, 15) is 14.7 Å². The van der Waals surface area contributed by atoms with Crippen LogP contribution in [0.1, 0.15) is 65.1 Å². The molecule has 2 aromatic heterocycles. The Balaban J connectivity index is 1.16. The van der Waals surface area contributed by atoms with Gasteiger partial charge in [0, 0.05) is 36.6 Å². The minimum Gasteiger partial charge on any atom is -0.480 e. The van der Waals surface area contributed by atoms with E-state index in [0.717, 1.165) is 48.0 Å². The van der Waals surface area contributed by atoms with Gasteiger partial charge in [-0.1, -0.05) is 12.1 Å². The van der Waals surface area contributed by atoms with Gasteiger partial charge >= 0.3 is 5.97 Å². The van der Waals surface area contributed by atoms with Crippen LogP contribution in [0.5, 0.6) is 0 Å². The molecule has 1 aromatic carbocycles. The number of fused-ring (bicyclic) bond motifs is 1. The van der Waals surface area contributed by atoms with E-state index in [1.165, 1.54) is 5.56 Å². The number of anilines is 1. The Morgan fingerprint density at radius 3 is 2.83 bits per heavy atom. The van der Waals surface area contributed by atoms with Gasteiger partial charge < -0.3 is 20.6 Å². The number of likely N-dealkylation sites (tertiary alicyclic amines) is 1. The fourth-order valence-electron chi connectivity index (χ4n) is 5.91. The third-order valence-electron chi connectivity index (χ3n) is 8.09. The summed E-state index contributed by atoms with van der Waals surface area (Å²) < 4.78 is 17.6. The molecule has 2 aliphatic rings. The first kappa shape index (κ1) is 28.7. The minimum absolute atomic E-state index is 0.187. The number of rotatable bonds is 10. The number of carbonyl (C=O) groups excluding carboxylic acids is 1. The number of aromatic nitrogens is 3. The fraction of sp³-hybridized carbons (Fsp3) is 0.484. The van der Waals surface area contributed by atoms with Crippen molar-refractivity contribution >= 4 is 17.7 Å². The van der Waals surface area contributed by atoms with Crippen LogP contribution in [0.15, 0.2) is 42.5 Å². The number of aryl methyl sites for hydroxylation is 4. The zero-order chi connectivity index (χ0) is 29.0. The van der Waals surface area contributed by atoms with E-state index in [4.69, 9.17) is 4.98 Å². The van der Waals surface area contributed by atoms with Crippen LogP contribution in [0.25, 0.3) is 5.69 Å². The van der Waals surface area contributed by atoms with Gasteiger partial charge in [0.2, 0.25) is 0 Å². The summed E-state index contributed by atoms with van der Waals surface area (Å²) in [6.07, 6.45) is 4.43. The molecule has 0 bridgehead atoms. The molecule has 1 fully saturated rings. The molecule has 0 radical (unpaired) electrons. The summed E-state index contributed by atoms with van der Waals surface area (Å²) in [4.78, 5) is 31.7. The Bertz CT molecular complexity index is 1410. The quantitative estimate of drug-likeness (QED) is 0.339. The predicted molar refractivity (Wildman–Crippen MR) is 155 cm³/mol. The first-order valence-electron chi connectivity index (χ1n) is 14.5. The van der Waals surface area contributed by atoms with E-state index >= 15 is 4.39 Å². The number of carboxylic acids is 1. The second kappa shape index (κ2) is 12.4. The second-order valence-corrected chi connectivity index (χ2v) is 11.4. The number of halogens is 1. The molecule has 1 unspecified atom stereocenters. The van der Waals surface area contributed by atoms with Crippen molar-refractivity contribution in [2.75, 3.05) is 31.5 Å². The first-order valence-corrected chi connectivity index (χ1v) is 14.5. The number of benzene rings is 1. The topological polar surface area (TPSA) is 112 Å². The molecule has 0 spiro atoms. The monoisotopic (exact) mass is 562 g/mol. The van der Waals surface area contributed by atoms with Crippen LogP contribution < -0.4 is 10.6 Å². The zero-order valence-corrected chi connectivity index (χ0v) is 23.8. The van der Waals surface area contributed by atoms with Gasteiger partial charge in [-0.3, -0.25) is 4.79 Å². The van der Waals surface area contributed by atoms with Crippen LogP contribution in [0.3, 0.4) is 0 Å². The number of nitrogens with one attached hydrogen (secondary N) is 2. The van der Waals surface area contributed by atoms with Crippen LogP contribution in [0.4, 0.5) is 10.2 Å². The largest absolute Gasteiger partial charge is 0.480 e. The number of hydrogen-bond acceptors (Lipinski definition) is 6. The average molecular weight is 563 g/mol. The molecule has 0 saturated carbocycles. The van der Waals surface area contributed by atoms with Crippen LogP contribution in [0.2, 0.25) is 0 Å². The number of piperidine rings is 1. The lowest BCUT2D eigenvalue weighted by Gasteiger charge is -2.38. The van der Waals surface area contributed by atoms with Gasteiger partial charge in [0.05, 0.1) is 11.4 Å². The summed E-state index contributed by atoms with van der Waals surface area (Å²) in [7, 11) is 0. The van der Waals surface area contributed by atoms with Gasteiger partial charge in [-0.15, -0.1) is 0 Å². The Kier molecular flexibility index (Phi) is 8.68. The van der Waals surface area contributed by atoms with Crippen molar-refractivity contribution in [3.8, 4) is 5.69 Å². The van der Waals surface area contributed by atoms with Gasteiger partial charge in [-0.25, -0.2) is 18.9 Å². The highest BCUT2D eigenvalue weighted by Crippen LogP contribution is 2.31.